The molecule has 0 spiro atoms. The predicted molar refractivity (Wildman–Crippen MR) is 56.7 cm³/mol. The summed E-state index contributed by atoms with van der Waals surface area (Å²) in [5.41, 5.74) is 7.01. The van der Waals surface area contributed by atoms with Crippen molar-refractivity contribution in [3.63, 3.8) is 0 Å². The van der Waals surface area contributed by atoms with Crippen molar-refractivity contribution in [3.8, 4) is 5.82 Å². The summed E-state index contributed by atoms with van der Waals surface area (Å²) in [5, 5.41) is 7.86. The van der Waals surface area contributed by atoms with E-state index in [1.165, 1.54) is 10.9 Å². The first-order chi connectivity index (χ1) is 7.86. The Hall–Kier alpha value is -2.57. The second kappa shape index (κ2) is 3.23. The number of pyridine rings is 1. The SMILES string of the molecule is Nc1nccnc1-n1nnc2ncccc21. The van der Waals surface area contributed by atoms with Crippen molar-refractivity contribution in [2.45, 2.75) is 0 Å². The fraction of sp³-hybridized carbons (Fsp3) is 0. The van der Waals surface area contributed by atoms with Crippen molar-refractivity contribution in [1.82, 2.24) is 29.9 Å². The van der Waals surface area contributed by atoms with Gasteiger partial charge in [0.25, 0.3) is 0 Å². The van der Waals surface area contributed by atoms with Crippen LogP contribution in [0.4, 0.5) is 5.82 Å². The average molecular weight is 213 g/mol. The lowest BCUT2D eigenvalue weighted by Gasteiger charge is -2.02. The van der Waals surface area contributed by atoms with E-state index in [9.17, 15) is 0 Å². The number of aromatic nitrogens is 6. The Labute approximate surface area is 90.0 Å². The molecule has 0 aliphatic heterocycles. The van der Waals surface area contributed by atoms with Gasteiger partial charge >= 0.3 is 0 Å². The minimum Gasteiger partial charge on any atom is -0.381 e. The van der Waals surface area contributed by atoms with E-state index in [1.54, 1.807) is 18.5 Å². The Bertz CT molecular complexity index is 645. The number of nitrogens with two attached hydrogens (primary N) is 1. The highest BCUT2D eigenvalue weighted by atomic mass is 15.5. The van der Waals surface area contributed by atoms with Gasteiger partial charge in [0.2, 0.25) is 5.65 Å². The fourth-order valence-corrected chi connectivity index (χ4v) is 1.43. The van der Waals surface area contributed by atoms with Gasteiger partial charge in [-0.3, -0.25) is 0 Å². The summed E-state index contributed by atoms with van der Waals surface area (Å²) in [6.07, 6.45) is 4.73. The van der Waals surface area contributed by atoms with Crippen LogP contribution in [0.1, 0.15) is 0 Å². The third-order valence-corrected chi connectivity index (χ3v) is 2.13. The summed E-state index contributed by atoms with van der Waals surface area (Å²) < 4.78 is 1.52. The number of nitrogen functional groups attached to an aromatic ring is 1. The zero-order valence-corrected chi connectivity index (χ0v) is 8.15. The second-order valence-corrected chi connectivity index (χ2v) is 3.11. The third kappa shape index (κ3) is 1.18. The highest BCUT2D eigenvalue weighted by Gasteiger charge is 2.10. The quantitative estimate of drug-likeness (QED) is 0.619. The maximum Gasteiger partial charge on any atom is 0.202 e. The lowest BCUT2D eigenvalue weighted by molar-refractivity contribution is 0.798. The number of hydrogen-bond acceptors (Lipinski definition) is 6. The van der Waals surface area contributed by atoms with Crippen LogP contribution in [0.25, 0.3) is 17.0 Å². The summed E-state index contributed by atoms with van der Waals surface area (Å²) in [4.78, 5) is 12.1. The van der Waals surface area contributed by atoms with Gasteiger partial charge in [0.1, 0.15) is 5.52 Å². The normalized spacial score (nSPS) is 10.8. The molecule has 2 N–H and O–H groups in total. The maximum atomic E-state index is 5.72. The first-order valence-corrected chi connectivity index (χ1v) is 4.59. The van der Waals surface area contributed by atoms with Crippen molar-refractivity contribution in [1.29, 1.82) is 0 Å². The Morgan fingerprint density at radius 1 is 1.06 bits per heavy atom. The van der Waals surface area contributed by atoms with Crippen LogP contribution in [0.15, 0.2) is 30.7 Å². The Kier molecular flexibility index (Phi) is 1.76. The van der Waals surface area contributed by atoms with Crippen molar-refractivity contribution < 1.29 is 0 Å². The number of rotatable bonds is 1. The van der Waals surface area contributed by atoms with E-state index in [4.69, 9.17) is 5.73 Å². The molecule has 0 aliphatic rings. The third-order valence-electron chi connectivity index (χ3n) is 2.13. The van der Waals surface area contributed by atoms with Gasteiger partial charge in [0, 0.05) is 18.6 Å². The van der Waals surface area contributed by atoms with Gasteiger partial charge in [-0.05, 0) is 12.1 Å². The summed E-state index contributed by atoms with van der Waals surface area (Å²) >= 11 is 0. The molecule has 3 aromatic heterocycles. The summed E-state index contributed by atoms with van der Waals surface area (Å²) in [6, 6.07) is 3.64. The van der Waals surface area contributed by atoms with Crippen LogP contribution in [0.2, 0.25) is 0 Å². The van der Waals surface area contributed by atoms with Crippen LogP contribution >= 0.6 is 0 Å². The highest BCUT2D eigenvalue weighted by Crippen LogP contribution is 2.15. The minimum absolute atomic E-state index is 0.304. The van der Waals surface area contributed by atoms with E-state index < -0.39 is 0 Å². The summed E-state index contributed by atoms with van der Waals surface area (Å²) in [5.74, 6) is 0.760. The molecule has 0 saturated carbocycles. The standard InChI is InChI=1S/C9H7N7/c10-7-9(13-5-4-11-7)16-6-2-1-3-12-8(6)14-15-16/h1-5H,(H2,10,11). The lowest BCUT2D eigenvalue weighted by Crippen LogP contribution is -2.05. The van der Waals surface area contributed by atoms with Gasteiger partial charge in [0.15, 0.2) is 11.6 Å². The molecule has 78 valence electrons. The van der Waals surface area contributed by atoms with E-state index in [0.717, 1.165) is 5.52 Å². The molecule has 0 radical (unpaired) electrons. The van der Waals surface area contributed by atoms with Gasteiger partial charge < -0.3 is 5.73 Å². The molecule has 0 aromatic carbocycles. The molecular formula is C9H7N7. The maximum absolute atomic E-state index is 5.72. The van der Waals surface area contributed by atoms with Crippen molar-refractivity contribution in [2.24, 2.45) is 0 Å². The van der Waals surface area contributed by atoms with E-state index >= 15 is 0 Å². The van der Waals surface area contributed by atoms with Crippen LogP contribution < -0.4 is 5.73 Å². The van der Waals surface area contributed by atoms with Crippen molar-refractivity contribution in [3.05, 3.63) is 30.7 Å². The second-order valence-electron chi connectivity index (χ2n) is 3.11. The molecule has 0 aliphatic carbocycles. The molecule has 7 nitrogen and oxygen atoms in total. The molecule has 16 heavy (non-hydrogen) atoms. The molecule has 0 amide bonds. The minimum atomic E-state index is 0.304. The molecule has 0 atom stereocenters. The van der Waals surface area contributed by atoms with Crippen LogP contribution in [0.3, 0.4) is 0 Å². The number of hydrogen-bond donors (Lipinski definition) is 1. The van der Waals surface area contributed by atoms with E-state index in [-0.39, 0.29) is 0 Å². The molecular weight excluding hydrogens is 206 g/mol. The Morgan fingerprint density at radius 3 is 2.81 bits per heavy atom. The molecule has 3 rings (SSSR count). The zero-order chi connectivity index (χ0) is 11.0. The van der Waals surface area contributed by atoms with Crippen LogP contribution in [0.5, 0.6) is 0 Å². The lowest BCUT2D eigenvalue weighted by atomic mass is 10.4. The monoisotopic (exact) mass is 213 g/mol. The van der Waals surface area contributed by atoms with Gasteiger partial charge in [-0.2, -0.15) is 4.68 Å². The van der Waals surface area contributed by atoms with E-state index in [0.29, 0.717) is 17.3 Å². The molecule has 7 heteroatoms. The van der Waals surface area contributed by atoms with Gasteiger partial charge in [0.05, 0.1) is 0 Å². The summed E-state index contributed by atoms with van der Waals surface area (Å²) in [7, 11) is 0. The van der Waals surface area contributed by atoms with Crippen LogP contribution in [-0.2, 0) is 0 Å². The smallest absolute Gasteiger partial charge is 0.202 e. The Balaban J connectivity index is 2.31. The Morgan fingerprint density at radius 2 is 1.94 bits per heavy atom. The summed E-state index contributed by atoms with van der Waals surface area (Å²) in [6.45, 7) is 0. The van der Waals surface area contributed by atoms with Crippen LogP contribution in [0, 0.1) is 0 Å². The zero-order valence-electron chi connectivity index (χ0n) is 8.15. The largest absolute Gasteiger partial charge is 0.381 e. The molecule has 3 aromatic rings. The topological polar surface area (TPSA) is 95.4 Å². The number of fused-ring (bicyclic) bond motifs is 1. The average Bonchev–Trinajstić information content (AvgIpc) is 2.74. The fourth-order valence-electron chi connectivity index (χ4n) is 1.43. The highest BCUT2D eigenvalue weighted by molar-refractivity contribution is 5.72. The first-order valence-electron chi connectivity index (χ1n) is 4.59. The molecule has 0 unspecified atom stereocenters. The predicted octanol–water partition coefficient (Wildman–Crippen LogP) is 0.188. The first kappa shape index (κ1) is 8.72. The molecule has 0 bridgehead atoms. The number of nitrogens with zero attached hydrogens (tertiary/aromatic N) is 6. The van der Waals surface area contributed by atoms with Gasteiger partial charge in [-0.1, -0.05) is 5.21 Å². The van der Waals surface area contributed by atoms with Crippen molar-refractivity contribution >= 4 is 17.0 Å². The van der Waals surface area contributed by atoms with Gasteiger partial charge in [-0.15, -0.1) is 5.10 Å². The van der Waals surface area contributed by atoms with Crippen LogP contribution in [-0.4, -0.2) is 29.9 Å². The van der Waals surface area contributed by atoms with Gasteiger partial charge in [-0.25, -0.2) is 15.0 Å². The van der Waals surface area contributed by atoms with Crippen molar-refractivity contribution in [2.75, 3.05) is 5.73 Å². The molecule has 0 fully saturated rings. The molecule has 3 heterocycles. The number of anilines is 1. The van der Waals surface area contributed by atoms with E-state index in [1.807, 2.05) is 6.07 Å². The molecule has 0 saturated heterocycles. The van der Waals surface area contributed by atoms with E-state index in [2.05, 4.69) is 25.3 Å².